The average Bonchev–Trinajstić information content (AvgIpc) is 2.38. The molecule has 0 N–H and O–H groups in total. The van der Waals surface area contributed by atoms with Gasteiger partial charge in [-0.25, -0.2) is 12.8 Å². The lowest BCUT2D eigenvalue weighted by Gasteiger charge is -2.19. The van der Waals surface area contributed by atoms with Crippen LogP contribution in [-0.4, -0.2) is 40.0 Å². The van der Waals surface area contributed by atoms with Crippen molar-refractivity contribution in [3.63, 3.8) is 0 Å². The van der Waals surface area contributed by atoms with Gasteiger partial charge in [-0.15, -0.1) is 11.6 Å². The Hall–Kier alpha value is -0.690. The lowest BCUT2D eigenvalue weighted by molar-refractivity contribution is 0.185. The van der Waals surface area contributed by atoms with Gasteiger partial charge in [-0.1, -0.05) is 0 Å². The van der Waals surface area contributed by atoms with Crippen LogP contribution in [0.1, 0.15) is 11.1 Å². The van der Waals surface area contributed by atoms with Gasteiger partial charge in [0.2, 0.25) is 10.0 Å². The van der Waals surface area contributed by atoms with E-state index in [4.69, 9.17) is 16.3 Å². The monoisotopic (exact) mass is 309 g/mol. The Morgan fingerprint density at radius 2 is 2.05 bits per heavy atom. The van der Waals surface area contributed by atoms with Gasteiger partial charge in [0.25, 0.3) is 0 Å². The first-order chi connectivity index (χ1) is 8.84. The molecule has 0 saturated heterocycles. The number of likely N-dealkylation sites (N-methyl/N-ethyl adjacent to an activating group) is 1. The molecule has 0 atom stereocenters. The van der Waals surface area contributed by atoms with E-state index in [1.54, 1.807) is 0 Å². The molecule has 7 heteroatoms. The first-order valence-corrected chi connectivity index (χ1v) is 7.62. The van der Waals surface area contributed by atoms with Crippen molar-refractivity contribution in [2.45, 2.75) is 17.7 Å². The minimum absolute atomic E-state index is 0.0539. The van der Waals surface area contributed by atoms with Crippen LogP contribution in [0.4, 0.5) is 4.39 Å². The predicted octanol–water partition coefficient (Wildman–Crippen LogP) is 2.14. The Morgan fingerprint density at radius 3 is 2.58 bits per heavy atom. The predicted molar refractivity (Wildman–Crippen MR) is 72.4 cm³/mol. The number of benzene rings is 1. The molecular formula is C12H17ClFNO3S. The smallest absolute Gasteiger partial charge is 0.243 e. The number of methoxy groups -OCH3 is 1. The molecule has 1 aromatic rings. The molecule has 108 valence electrons. The fourth-order valence-corrected chi connectivity index (χ4v) is 3.15. The van der Waals surface area contributed by atoms with Crippen LogP contribution in [-0.2, 0) is 20.6 Å². The Labute approximate surface area is 118 Å². The van der Waals surface area contributed by atoms with Crippen molar-refractivity contribution in [3.05, 3.63) is 29.1 Å². The average molecular weight is 310 g/mol. The van der Waals surface area contributed by atoms with Crippen molar-refractivity contribution >= 4 is 21.6 Å². The van der Waals surface area contributed by atoms with Crippen molar-refractivity contribution < 1.29 is 17.5 Å². The van der Waals surface area contributed by atoms with E-state index < -0.39 is 15.8 Å². The maximum absolute atomic E-state index is 13.7. The van der Waals surface area contributed by atoms with E-state index in [9.17, 15) is 12.8 Å². The zero-order chi connectivity index (χ0) is 14.6. The third kappa shape index (κ3) is 3.66. The summed E-state index contributed by atoms with van der Waals surface area (Å²) in [5.41, 5.74) is 0.529. The molecule has 1 aromatic carbocycles. The van der Waals surface area contributed by atoms with E-state index in [2.05, 4.69) is 0 Å². The van der Waals surface area contributed by atoms with Crippen LogP contribution in [0.3, 0.4) is 0 Å². The highest BCUT2D eigenvalue weighted by Gasteiger charge is 2.24. The molecule has 0 aliphatic heterocycles. The molecule has 0 fully saturated rings. The molecule has 1 rings (SSSR count). The van der Waals surface area contributed by atoms with Crippen LogP contribution in [0.2, 0.25) is 0 Å². The minimum atomic E-state index is -3.74. The second-order valence-electron chi connectivity index (χ2n) is 4.15. The van der Waals surface area contributed by atoms with Crippen molar-refractivity contribution in [3.8, 4) is 0 Å². The van der Waals surface area contributed by atoms with Gasteiger partial charge in [-0.2, -0.15) is 4.31 Å². The first kappa shape index (κ1) is 16.4. The van der Waals surface area contributed by atoms with Gasteiger partial charge in [0.05, 0.1) is 11.5 Å². The second-order valence-corrected chi connectivity index (χ2v) is 6.43. The number of alkyl halides is 1. The molecule has 19 heavy (non-hydrogen) atoms. The Balaban J connectivity index is 3.24. The lowest BCUT2D eigenvalue weighted by atomic mass is 10.1. The number of sulfonamides is 1. The summed E-state index contributed by atoms with van der Waals surface area (Å²) in [6.45, 7) is 1.90. The molecule has 0 aliphatic rings. The maximum atomic E-state index is 13.7. The van der Waals surface area contributed by atoms with Gasteiger partial charge in [0.1, 0.15) is 5.82 Å². The largest absolute Gasteiger partial charge is 0.383 e. The van der Waals surface area contributed by atoms with E-state index in [0.717, 1.165) is 4.31 Å². The van der Waals surface area contributed by atoms with Gasteiger partial charge in [0, 0.05) is 32.1 Å². The van der Waals surface area contributed by atoms with Crippen LogP contribution < -0.4 is 0 Å². The third-order valence-corrected chi connectivity index (χ3v) is 5.10. The molecule has 0 unspecified atom stereocenters. The number of rotatable bonds is 6. The van der Waals surface area contributed by atoms with Gasteiger partial charge in [-0.3, -0.25) is 0 Å². The zero-order valence-corrected chi connectivity index (χ0v) is 12.7. The summed E-state index contributed by atoms with van der Waals surface area (Å²) < 4.78 is 44.4. The SMILES string of the molecule is COCCN(C)S(=O)(=O)c1cc(CCl)cc(F)c1C. The summed E-state index contributed by atoms with van der Waals surface area (Å²) >= 11 is 5.64. The summed E-state index contributed by atoms with van der Waals surface area (Å²) in [6, 6.07) is 2.65. The molecular weight excluding hydrogens is 293 g/mol. The van der Waals surface area contributed by atoms with Crippen LogP contribution >= 0.6 is 11.6 Å². The highest BCUT2D eigenvalue weighted by Crippen LogP contribution is 2.24. The number of ether oxygens (including phenoxy) is 1. The number of hydrogen-bond donors (Lipinski definition) is 0. The summed E-state index contributed by atoms with van der Waals surface area (Å²) in [5, 5.41) is 0. The first-order valence-electron chi connectivity index (χ1n) is 5.64. The van der Waals surface area contributed by atoms with Gasteiger partial charge in [-0.05, 0) is 24.6 Å². The van der Waals surface area contributed by atoms with Crippen LogP contribution in [0.15, 0.2) is 17.0 Å². The number of halogens is 2. The normalized spacial score (nSPS) is 12.1. The van der Waals surface area contributed by atoms with Gasteiger partial charge in [0.15, 0.2) is 0 Å². The number of nitrogens with zero attached hydrogens (tertiary/aromatic N) is 1. The molecule has 4 nitrogen and oxygen atoms in total. The highest BCUT2D eigenvalue weighted by molar-refractivity contribution is 7.89. The van der Waals surface area contributed by atoms with Crippen molar-refractivity contribution in [1.29, 1.82) is 0 Å². The van der Waals surface area contributed by atoms with Crippen molar-refractivity contribution in [2.75, 3.05) is 27.3 Å². The fourth-order valence-electron chi connectivity index (χ4n) is 1.56. The Kier molecular flexibility index (Phi) is 5.73. The van der Waals surface area contributed by atoms with Crippen LogP contribution in [0.5, 0.6) is 0 Å². The molecule has 0 bridgehead atoms. The Morgan fingerprint density at radius 1 is 1.42 bits per heavy atom. The van der Waals surface area contributed by atoms with Gasteiger partial charge < -0.3 is 4.74 Å². The lowest BCUT2D eigenvalue weighted by Crippen LogP contribution is -2.30. The quantitative estimate of drug-likeness (QED) is 0.756. The summed E-state index contributed by atoms with van der Waals surface area (Å²) in [5.74, 6) is -0.515. The molecule has 0 spiro atoms. The topological polar surface area (TPSA) is 46.6 Å². The molecule has 0 aliphatic carbocycles. The summed E-state index contributed by atoms with van der Waals surface area (Å²) in [4.78, 5) is -0.0539. The van der Waals surface area contributed by atoms with Crippen LogP contribution in [0, 0.1) is 12.7 Å². The number of hydrogen-bond acceptors (Lipinski definition) is 3. The highest BCUT2D eigenvalue weighted by atomic mass is 35.5. The van der Waals surface area contributed by atoms with Gasteiger partial charge >= 0.3 is 0 Å². The van der Waals surface area contributed by atoms with E-state index in [-0.39, 0.29) is 29.5 Å². The van der Waals surface area contributed by atoms with E-state index in [1.807, 2.05) is 0 Å². The molecule has 0 radical (unpaired) electrons. The minimum Gasteiger partial charge on any atom is -0.383 e. The molecule has 0 heterocycles. The van der Waals surface area contributed by atoms with E-state index >= 15 is 0 Å². The third-order valence-electron chi connectivity index (χ3n) is 2.81. The maximum Gasteiger partial charge on any atom is 0.243 e. The van der Waals surface area contributed by atoms with Crippen molar-refractivity contribution in [2.24, 2.45) is 0 Å². The van der Waals surface area contributed by atoms with E-state index in [1.165, 1.54) is 33.2 Å². The fraction of sp³-hybridized carbons (Fsp3) is 0.500. The summed E-state index contributed by atoms with van der Waals surface area (Å²) in [7, 11) is -0.827. The van der Waals surface area contributed by atoms with Crippen molar-refractivity contribution in [1.82, 2.24) is 4.31 Å². The zero-order valence-electron chi connectivity index (χ0n) is 11.1. The molecule has 0 amide bonds. The molecule has 0 aromatic heterocycles. The Bertz CT molecular complexity index is 548. The molecule has 0 saturated carbocycles. The standard InChI is InChI=1S/C12H17ClFNO3S/c1-9-11(14)6-10(8-13)7-12(9)19(16,17)15(2)4-5-18-3/h6-7H,4-5,8H2,1-3H3. The van der Waals surface area contributed by atoms with E-state index in [0.29, 0.717) is 5.56 Å². The second kappa shape index (κ2) is 6.65. The van der Waals surface area contributed by atoms with Crippen LogP contribution in [0.25, 0.3) is 0 Å². The summed E-state index contributed by atoms with van der Waals surface area (Å²) in [6.07, 6.45) is 0.